The summed E-state index contributed by atoms with van der Waals surface area (Å²) in [6, 6.07) is 3.70. The van der Waals surface area contributed by atoms with Gasteiger partial charge >= 0.3 is 11.8 Å². The van der Waals surface area contributed by atoms with Gasteiger partial charge in [0.25, 0.3) is 0 Å². The van der Waals surface area contributed by atoms with Crippen molar-refractivity contribution in [3.8, 4) is 0 Å². The third kappa shape index (κ3) is 3.63. The number of aryl methyl sites for hydroxylation is 1. The van der Waals surface area contributed by atoms with Crippen LogP contribution in [0.1, 0.15) is 39.5 Å². The van der Waals surface area contributed by atoms with Gasteiger partial charge in [0.1, 0.15) is 11.1 Å². The van der Waals surface area contributed by atoms with Crippen molar-refractivity contribution >= 4 is 28.2 Å². The van der Waals surface area contributed by atoms with Crippen LogP contribution in [-0.4, -0.2) is 44.2 Å². The number of aromatic nitrogens is 3. The fraction of sp³-hybridized carbons (Fsp3) is 0.550. The molecule has 0 radical (unpaired) electrons. The normalized spacial score (nSPS) is 16.2. The summed E-state index contributed by atoms with van der Waals surface area (Å²) in [6.45, 7) is 7.01. The Kier molecular flexibility index (Phi) is 4.44. The second kappa shape index (κ2) is 6.68. The van der Waals surface area contributed by atoms with E-state index in [9.17, 15) is 9.59 Å². The van der Waals surface area contributed by atoms with Crippen LogP contribution < -0.4 is 5.69 Å². The molecule has 4 rings (SSSR count). The van der Waals surface area contributed by atoms with Gasteiger partial charge in [0, 0.05) is 32.6 Å². The molecule has 1 fully saturated rings. The smallest absolute Gasteiger partial charge is 0.410 e. The molecule has 1 saturated heterocycles. The molecule has 1 aromatic carbocycles. The summed E-state index contributed by atoms with van der Waals surface area (Å²) in [5, 5.41) is 0. The molecular weight excluding hydrogens is 360 g/mol. The van der Waals surface area contributed by atoms with Gasteiger partial charge < -0.3 is 19.0 Å². The number of H-pyrrole nitrogens is 1. The summed E-state index contributed by atoms with van der Waals surface area (Å²) in [4.78, 5) is 33.1. The Morgan fingerprint density at radius 3 is 2.71 bits per heavy atom. The molecule has 3 heterocycles. The van der Waals surface area contributed by atoms with Gasteiger partial charge in [-0.05, 0) is 45.6 Å². The number of carbonyl (C=O) groups excluding carboxylic acids is 1. The number of ether oxygens (including phenoxy) is 1. The van der Waals surface area contributed by atoms with Crippen LogP contribution in [0.25, 0.3) is 22.1 Å². The molecule has 0 aliphatic carbocycles. The Hall–Kier alpha value is -2.77. The number of carbonyl (C=O) groups is 1. The molecule has 0 unspecified atom stereocenters. The standard InChI is InChI=1S/C20H26N4O4/c1-20(2,3)28-19(26)24-7-5-12(6-8-24)9-17-21-14-10-15-13(11-16(14)27-17)22-18(25)23(15)4/h10-12H,5-9H2,1-4H3,(H,22,25). The van der Waals surface area contributed by atoms with Crippen LogP contribution in [-0.2, 0) is 18.2 Å². The molecule has 0 saturated carbocycles. The maximum atomic E-state index is 12.2. The number of imidazole rings is 1. The highest BCUT2D eigenvalue weighted by atomic mass is 16.6. The molecule has 1 amide bonds. The van der Waals surface area contributed by atoms with Crippen LogP contribution in [0.4, 0.5) is 4.79 Å². The van der Waals surface area contributed by atoms with Crippen LogP contribution in [0.3, 0.4) is 0 Å². The molecule has 2 aromatic heterocycles. The maximum Gasteiger partial charge on any atom is 0.410 e. The molecule has 1 aliphatic heterocycles. The molecule has 150 valence electrons. The van der Waals surface area contributed by atoms with E-state index < -0.39 is 5.60 Å². The van der Waals surface area contributed by atoms with Crippen LogP contribution in [0, 0.1) is 5.92 Å². The Balaban J connectivity index is 1.42. The van der Waals surface area contributed by atoms with E-state index in [0.29, 0.717) is 30.5 Å². The highest BCUT2D eigenvalue weighted by Crippen LogP contribution is 2.26. The molecule has 28 heavy (non-hydrogen) atoms. The third-order valence-electron chi connectivity index (χ3n) is 5.19. The van der Waals surface area contributed by atoms with E-state index in [2.05, 4.69) is 9.97 Å². The van der Waals surface area contributed by atoms with Crippen LogP contribution in [0.2, 0.25) is 0 Å². The first kappa shape index (κ1) is 18.6. The summed E-state index contributed by atoms with van der Waals surface area (Å²) >= 11 is 0. The van der Waals surface area contributed by atoms with E-state index >= 15 is 0 Å². The number of nitrogens with zero attached hydrogens (tertiary/aromatic N) is 3. The van der Waals surface area contributed by atoms with Crippen LogP contribution >= 0.6 is 0 Å². The van der Waals surface area contributed by atoms with E-state index in [4.69, 9.17) is 9.15 Å². The SMILES string of the molecule is Cn1c(=O)[nH]c2cc3oc(CC4CCN(C(=O)OC(C)(C)C)CC4)nc3cc21. The number of hydrogen-bond acceptors (Lipinski definition) is 5. The fourth-order valence-corrected chi connectivity index (χ4v) is 3.68. The number of nitrogens with one attached hydrogen (secondary N) is 1. The zero-order chi connectivity index (χ0) is 20.1. The second-order valence-electron chi connectivity index (χ2n) is 8.55. The van der Waals surface area contributed by atoms with Gasteiger partial charge in [0.05, 0.1) is 11.0 Å². The van der Waals surface area contributed by atoms with Crippen LogP contribution in [0.15, 0.2) is 21.3 Å². The Morgan fingerprint density at radius 2 is 2.04 bits per heavy atom. The summed E-state index contributed by atoms with van der Waals surface area (Å²) in [5.41, 5.74) is 2.36. The summed E-state index contributed by atoms with van der Waals surface area (Å²) in [5.74, 6) is 1.12. The molecule has 3 aromatic rings. The fourth-order valence-electron chi connectivity index (χ4n) is 3.68. The molecule has 0 spiro atoms. The Morgan fingerprint density at radius 1 is 1.32 bits per heavy atom. The minimum atomic E-state index is -0.472. The number of oxazole rings is 1. The van der Waals surface area contributed by atoms with Crippen molar-refractivity contribution in [2.24, 2.45) is 13.0 Å². The first-order valence-corrected chi connectivity index (χ1v) is 9.66. The minimum Gasteiger partial charge on any atom is -0.444 e. The van der Waals surface area contributed by atoms with Gasteiger partial charge in [-0.25, -0.2) is 14.6 Å². The molecule has 8 heteroatoms. The van der Waals surface area contributed by atoms with Gasteiger partial charge in [-0.1, -0.05) is 0 Å². The first-order chi connectivity index (χ1) is 13.2. The lowest BCUT2D eigenvalue weighted by Crippen LogP contribution is -2.42. The van der Waals surface area contributed by atoms with E-state index in [1.165, 1.54) is 0 Å². The number of likely N-dealkylation sites (tertiary alicyclic amines) is 1. The van der Waals surface area contributed by atoms with E-state index in [1.807, 2.05) is 32.9 Å². The Labute approximate surface area is 162 Å². The van der Waals surface area contributed by atoms with E-state index in [0.717, 1.165) is 35.8 Å². The number of hydrogen-bond donors (Lipinski definition) is 1. The lowest BCUT2D eigenvalue weighted by molar-refractivity contribution is 0.0182. The first-order valence-electron chi connectivity index (χ1n) is 9.66. The second-order valence-corrected chi connectivity index (χ2v) is 8.55. The van der Waals surface area contributed by atoms with Crippen molar-refractivity contribution in [2.75, 3.05) is 13.1 Å². The zero-order valence-corrected chi connectivity index (χ0v) is 16.7. The minimum absolute atomic E-state index is 0.153. The average Bonchev–Trinajstić information content (AvgIpc) is 3.12. The monoisotopic (exact) mass is 386 g/mol. The highest BCUT2D eigenvalue weighted by molar-refractivity contribution is 5.90. The number of piperidine rings is 1. The third-order valence-corrected chi connectivity index (χ3v) is 5.19. The number of aromatic amines is 1. The van der Waals surface area contributed by atoms with Crippen molar-refractivity contribution in [3.05, 3.63) is 28.5 Å². The number of rotatable bonds is 2. The van der Waals surface area contributed by atoms with E-state index in [-0.39, 0.29) is 11.8 Å². The predicted octanol–water partition coefficient (Wildman–Crippen LogP) is 3.20. The maximum absolute atomic E-state index is 12.2. The Bertz CT molecular complexity index is 1080. The molecule has 1 N–H and O–H groups in total. The summed E-state index contributed by atoms with van der Waals surface area (Å²) in [6.07, 6.45) is 2.29. The number of amides is 1. The van der Waals surface area contributed by atoms with Gasteiger partial charge in [-0.2, -0.15) is 0 Å². The zero-order valence-electron chi connectivity index (χ0n) is 16.7. The van der Waals surface area contributed by atoms with Crippen molar-refractivity contribution in [2.45, 2.75) is 45.6 Å². The highest BCUT2D eigenvalue weighted by Gasteiger charge is 2.27. The summed E-state index contributed by atoms with van der Waals surface area (Å²) < 4.78 is 12.9. The van der Waals surface area contributed by atoms with Crippen molar-refractivity contribution < 1.29 is 13.9 Å². The van der Waals surface area contributed by atoms with Gasteiger partial charge in [0.2, 0.25) is 0 Å². The largest absolute Gasteiger partial charge is 0.444 e. The van der Waals surface area contributed by atoms with Crippen molar-refractivity contribution in [1.82, 2.24) is 19.4 Å². The molecule has 8 nitrogen and oxygen atoms in total. The van der Waals surface area contributed by atoms with Crippen molar-refractivity contribution in [3.63, 3.8) is 0 Å². The topological polar surface area (TPSA) is 93.4 Å². The molecule has 0 atom stereocenters. The van der Waals surface area contributed by atoms with Crippen molar-refractivity contribution in [1.29, 1.82) is 0 Å². The van der Waals surface area contributed by atoms with Gasteiger partial charge in [-0.15, -0.1) is 0 Å². The quantitative estimate of drug-likeness (QED) is 0.730. The lowest BCUT2D eigenvalue weighted by Gasteiger charge is -2.33. The number of benzene rings is 1. The lowest BCUT2D eigenvalue weighted by atomic mass is 9.94. The summed E-state index contributed by atoms with van der Waals surface area (Å²) in [7, 11) is 1.73. The van der Waals surface area contributed by atoms with Crippen LogP contribution in [0.5, 0.6) is 0 Å². The van der Waals surface area contributed by atoms with E-state index in [1.54, 1.807) is 16.5 Å². The molecular formula is C20H26N4O4. The molecule has 1 aliphatic rings. The number of fused-ring (bicyclic) bond motifs is 2. The molecule has 0 bridgehead atoms. The van der Waals surface area contributed by atoms with Gasteiger partial charge in [0.15, 0.2) is 11.5 Å². The van der Waals surface area contributed by atoms with Gasteiger partial charge in [-0.3, -0.25) is 4.57 Å². The predicted molar refractivity (Wildman–Crippen MR) is 105 cm³/mol. The average molecular weight is 386 g/mol.